The van der Waals surface area contributed by atoms with Gasteiger partial charge in [0.1, 0.15) is 0 Å². The normalized spacial score (nSPS) is 16.3. The number of nitrogens with one attached hydrogen (secondary N) is 1. The van der Waals surface area contributed by atoms with E-state index in [1.165, 1.54) is 0 Å². The SMILES string of the molecule is Cl.O=C(CCc1nc(-c2ncccn2)no1)N1CCNCC1c1ccccc1Cl. The molecule has 0 bridgehead atoms. The molecule has 152 valence electrons. The van der Waals surface area contributed by atoms with Crippen LogP contribution in [0.5, 0.6) is 0 Å². The van der Waals surface area contributed by atoms with Gasteiger partial charge < -0.3 is 14.7 Å². The van der Waals surface area contributed by atoms with Gasteiger partial charge in [-0.2, -0.15) is 4.98 Å². The Bertz CT molecular complexity index is 953. The standard InChI is InChI=1S/C19H19ClN6O2.ClH/c20-14-5-2-1-4-13(14)15-12-21-10-11-26(15)17(27)7-6-16-24-19(25-28-16)18-22-8-3-9-23-18;/h1-5,8-9,15,21H,6-7,10-12H2;1H. The second-order valence-electron chi connectivity index (χ2n) is 6.41. The van der Waals surface area contributed by atoms with Crippen LogP contribution in [-0.4, -0.2) is 50.5 Å². The molecule has 1 atom stereocenters. The lowest BCUT2D eigenvalue weighted by Gasteiger charge is -2.37. The number of hydrogen-bond donors (Lipinski definition) is 1. The van der Waals surface area contributed by atoms with Crippen molar-refractivity contribution in [3.8, 4) is 11.6 Å². The van der Waals surface area contributed by atoms with Crippen LogP contribution in [0.15, 0.2) is 47.2 Å². The number of aromatic nitrogens is 4. The fourth-order valence-electron chi connectivity index (χ4n) is 3.25. The second kappa shape index (κ2) is 9.78. The van der Waals surface area contributed by atoms with Crippen LogP contribution in [0.4, 0.5) is 0 Å². The molecule has 0 aliphatic carbocycles. The Morgan fingerprint density at radius 1 is 1.21 bits per heavy atom. The van der Waals surface area contributed by atoms with Crippen molar-refractivity contribution in [1.29, 1.82) is 0 Å². The highest BCUT2D eigenvalue weighted by Gasteiger charge is 2.29. The van der Waals surface area contributed by atoms with Gasteiger partial charge in [-0.1, -0.05) is 35.0 Å². The Balaban J connectivity index is 0.00000240. The minimum Gasteiger partial charge on any atom is -0.339 e. The van der Waals surface area contributed by atoms with Gasteiger partial charge in [-0.05, 0) is 17.7 Å². The summed E-state index contributed by atoms with van der Waals surface area (Å²) in [5, 5.41) is 7.89. The number of piperazine rings is 1. The molecule has 0 radical (unpaired) electrons. The predicted octanol–water partition coefficient (Wildman–Crippen LogP) is 2.71. The number of aryl methyl sites for hydroxylation is 1. The smallest absolute Gasteiger partial charge is 0.240 e. The number of halogens is 2. The number of amides is 1. The van der Waals surface area contributed by atoms with Gasteiger partial charge in [-0.15, -0.1) is 12.4 Å². The van der Waals surface area contributed by atoms with Crippen LogP contribution < -0.4 is 5.32 Å². The first-order valence-electron chi connectivity index (χ1n) is 9.07. The van der Waals surface area contributed by atoms with Crippen LogP contribution in [0.1, 0.15) is 23.9 Å². The summed E-state index contributed by atoms with van der Waals surface area (Å²) in [5.41, 5.74) is 0.950. The zero-order chi connectivity index (χ0) is 19.3. The molecule has 1 unspecified atom stereocenters. The van der Waals surface area contributed by atoms with Crippen LogP contribution in [-0.2, 0) is 11.2 Å². The first-order chi connectivity index (χ1) is 13.7. The van der Waals surface area contributed by atoms with Gasteiger partial charge in [-0.3, -0.25) is 4.79 Å². The summed E-state index contributed by atoms with van der Waals surface area (Å²) in [7, 11) is 0. The minimum absolute atomic E-state index is 0. The molecule has 0 spiro atoms. The Morgan fingerprint density at radius 2 is 2.00 bits per heavy atom. The highest BCUT2D eigenvalue weighted by molar-refractivity contribution is 6.31. The molecule has 1 N–H and O–H groups in total. The third kappa shape index (κ3) is 4.90. The molecule has 1 amide bonds. The van der Waals surface area contributed by atoms with E-state index < -0.39 is 0 Å². The first kappa shape index (κ1) is 21.2. The monoisotopic (exact) mass is 434 g/mol. The molecule has 1 aliphatic rings. The zero-order valence-electron chi connectivity index (χ0n) is 15.5. The second-order valence-corrected chi connectivity index (χ2v) is 6.82. The third-order valence-electron chi connectivity index (χ3n) is 4.61. The third-order valence-corrected chi connectivity index (χ3v) is 4.96. The summed E-state index contributed by atoms with van der Waals surface area (Å²) in [5.74, 6) is 1.13. The highest BCUT2D eigenvalue weighted by Crippen LogP contribution is 2.29. The van der Waals surface area contributed by atoms with Crippen LogP contribution in [0.2, 0.25) is 5.02 Å². The molecule has 1 fully saturated rings. The molecule has 3 heterocycles. The van der Waals surface area contributed by atoms with Crippen LogP contribution in [0.25, 0.3) is 11.6 Å². The molecule has 1 aliphatic heterocycles. The van der Waals surface area contributed by atoms with Gasteiger partial charge >= 0.3 is 0 Å². The maximum atomic E-state index is 12.9. The molecule has 4 rings (SSSR count). The largest absolute Gasteiger partial charge is 0.339 e. The van der Waals surface area contributed by atoms with E-state index in [1.54, 1.807) is 18.5 Å². The lowest BCUT2D eigenvalue weighted by atomic mass is 10.0. The number of rotatable bonds is 5. The molecule has 8 nitrogen and oxygen atoms in total. The van der Waals surface area contributed by atoms with Gasteiger partial charge in [0.15, 0.2) is 0 Å². The molecule has 3 aromatic rings. The van der Waals surface area contributed by atoms with Crippen molar-refractivity contribution in [1.82, 2.24) is 30.3 Å². The van der Waals surface area contributed by atoms with Crippen molar-refractivity contribution in [2.24, 2.45) is 0 Å². The summed E-state index contributed by atoms with van der Waals surface area (Å²) < 4.78 is 5.24. The summed E-state index contributed by atoms with van der Waals surface area (Å²) in [4.78, 5) is 27.2. The van der Waals surface area contributed by atoms with Crippen molar-refractivity contribution in [3.63, 3.8) is 0 Å². The lowest BCUT2D eigenvalue weighted by molar-refractivity contribution is -0.134. The summed E-state index contributed by atoms with van der Waals surface area (Å²) in [6, 6.07) is 9.25. The van der Waals surface area contributed by atoms with Gasteiger partial charge in [0.05, 0.1) is 6.04 Å². The quantitative estimate of drug-likeness (QED) is 0.658. The van der Waals surface area contributed by atoms with Crippen LogP contribution >= 0.6 is 24.0 Å². The summed E-state index contributed by atoms with van der Waals surface area (Å²) >= 11 is 6.35. The highest BCUT2D eigenvalue weighted by atomic mass is 35.5. The van der Waals surface area contributed by atoms with E-state index in [-0.39, 0.29) is 30.8 Å². The Morgan fingerprint density at radius 3 is 2.79 bits per heavy atom. The number of carbonyl (C=O) groups excluding carboxylic acids is 1. The molecular weight excluding hydrogens is 415 g/mol. The maximum Gasteiger partial charge on any atom is 0.240 e. The van der Waals surface area contributed by atoms with Crippen LogP contribution in [0, 0.1) is 0 Å². The number of benzene rings is 1. The molecule has 2 aromatic heterocycles. The molecule has 0 saturated carbocycles. The van der Waals surface area contributed by atoms with Gasteiger partial charge in [0.25, 0.3) is 0 Å². The average molecular weight is 435 g/mol. The van der Waals surface area contributed by atoms with Crippen LogP contribution in [0.3, 0.4) is 0 Å². The van der Waals surface area contributed by atoms with Crippen molar-refractivity contribution < 1.29 is 9.32 Å². The van der Waals surface area contributed by atoms with Crippen molar-refractivity contribution >= 4 is 29.9 Å². The van der Waals surface area contributed by atoms with E-state index >= 15 is 0 Å². The fraction of sp³-hybridized carbons (Fsp3) is 0.316. The lowest BCUT2D eigenvalue weighted by Crippen LogP contribution is -2.48. The van der Waals surface area contributed by atoms with Gasteiger partial charge in [0, 0.05) is 49.9 Å². The first-order valence-corrected chi connectivity index (χ1v) is 9.45. The molecular formula is C19H20Cl2N6O2. The predicted molar refractivity (Wildman–Crippen MR) is 110 cm³/mol. The van der Waals surface area contributed by atoms with E-state index in [9.17, 15) is 4.79 Å². The van der Waals surface area contributed by atoms with E-state index in [2.05, 4.69) is 25.4 Å². The number of hydrogen-bond acceptors (Lipinski definition) is 7. The van der Waals surface area contributed by atoms with E-state index in [0.29, 0.717) is 42.1 Å². The molecule has 10 heteroatoms. The zero-order valence-corrected chi connectivity index (χ0v) is 17.1. The Labute approximate surface area is 179 Å². The molecule has 29 heavy (non-hydrogen) atoms. The van der Waals surface area contributed by atoms with Gasteiger partial charge in [-0.25, -0.2) is 9.97 Å². The Hall–Kier alpha value is -2.55. The van der Waals surface area contributed by atoms with Crippen molar-refractivity contribution in [3.05, 3.63) is 59.2 Å². The van der Waals surface area contributed by atoms with E-state index in [4.69, 9.17) is 16.1 Å². The summed E-state index contributed by atoms with van der Waals surface area (Å²) in [6.07, 6.45) is 3.86. The van der Waals surface area contributed by atoms with Crippen molar-refractivity contribution in [2.45, 2.75) is 18.9 Å². The fourth-order valence-corrected chi connectivity index (χ4v) is 3.51. The van der Waals surface area contributed by atoms with Crippen molar-refractivity contribution in [2.75, 3.05) is 19.6 Å². The molecule has 1 saturated heterocycles. The van der Waals surface area contributed by atoms with E-state index in [1.807, 2.05) is 29.2 Å². The van der Waals surface area contributed by atoms with Gasteiger partial charge in [0.2, 0.25) is 23.4 Å². The number of carbonyl (C=O) groups is 1. The Kier molecular flexibility index (Phi) is 7.13. The van der Waals surface area contributed by atoms with E-state index in [0.717, 1.165) is 12.1 Å². The average Bonchev–Trinajstić information content (AvgIpc) is 3.22. The minimum atomic E-state index is -0.0917. The summed E-state index contributed by atoms with van der Waals surface area (Å²) in [6.45, 7) is 2.05. The number of nitrogens with zero attached hydrogens (tertiary/aromatic N) is 5. The molecule has 1 aromatic carbocycles. The maximum absolute atomic E-state index is 12.9. The topological polar surface area (TPSA) is 97.0 Å².